The highest BCUT2D eigenvalue weighted by Crippen LogP contribution is 2.35. The Hall–Kier alpha value is -3.08. The Labute approximate surface area is 139 Å². The van der Waals surface area contributed by atoms with Gasteiger partial charge in [0, 0.05) is 18.1 Å². The van der Waals surface area contributed by atoms with Crippen molar-refractivity contribution in [2.75, 3.05) is 7.11 Å². The molecule has 5 nitrogen and oxygen atoms in total. The van der Waals surface area contributed by atoms with E-state index in [-0.39, 0.29) is 5.97 Å². The molecule has 0 radical (unpaired) electrons. The summed E-state index contributed by atoms with van der Waals surface area (Å²) in [5.41, 5.74) is 3.58. The maximum absolute atomic E-state index is 11.2. The molecule has 0 amide bonds. The highest BCUT2D eigenvalue weighted by molar-refractivity contribution is 5.80. The lowest BCUT2D eigenvalue weighted by atomic mass is 10.0. The Kier molecular flexibility index (Phi) is 4.33. The average molecular weight is 323 g/mol. The van der Waals surface area contributed by atoms with Crippen molar-refractivity contribution in [2.24, 2.45) is 0 Å². The van der Waals surface area contributed by atoms with E-state index in [2.05, 4.69) is 5.16 Å². The summed E-state index contributed by atoms with van der Waals surface area (Å²) in [6.07, 6.45) is 1.67. The first-order chi connectivity index (χ1) is 11.6. The summed E-state index contributed by atoms with van der Waals surface area (Å²) in [7, 11) is 1.63. The second kappa shape index (κ2) is 6.58. The van der Waals surface area contributed by atoms with E-state index < -0.39 is 0 Å². The molecule has 3 rings (SSSR count). The van der Waals surface area contributed by atoms with Crippen molar-refractivity contribution < 1.29 is 18.8 Å². The number of benzene rings is 2. The smallest absolute Gasteiger partial charge is 0.308 e. The zero-order chi connectivity index (χ0) is 17.1. The van der Waals surface area contributed by atoms with E-state index in [0.29, 0.717) is 11.5 Å². The summed E-state index contributed by atoms with van der Waals surface area (Å²) in [6.45, 7) is 3.30. The molecular weight excluding hydrogens is 306 g/mol. The minimum absolute atomic E-state index is 0.362. The number of methoxy groups -OCH3 is 1. The van der Waals surface area contributed by atoms with Crippen LogP contribution in [-0.4, -0.2) is 18.2 Å². The van der Waals surface area contributed by atoms with E-state index in [1.54, 1.807) is 25.4 Å². The predicted octanol–water partition coefficient (Wildman–Crippen LogP) is 4.25. The number of carbonyl (C=O) groups is 1. The van der Waals surface area contributed by atoms with E-state index in [9.17, 15) is 4.79 Å². The van der Waals surface area contributed by atoms with Crippen LogP contribution in [0.2, 0.25) is 0 Å². The molecule has 0 saturated carbocycles. The highest BCUT2D eigenvalue weighted by atomic mass is 16.5. The fourth-order valence-electron chi connectivity index (χ4n) is 2.53. The van der Waals surface area contributed by atoms with Crippen molar-refractivity contribution >= 4 is 5.97 Å². The van der Waals surface area contributed by atoms with E-state index in [0.717, 1.165) is 28.0 Å². The van der Waals surface area contributed by atoms with Crippen LogP contribution in [0.1, 0.15) is 12.5 Å². The first-order valence-electron chi connectivity index (χ1n) is 7.46. The van der Waals surface area contributed by atoms with Crippen LogP contribution in [0.25, 0.3) is 22.5 Å². The van der Waals surface area contributed by atoms with Crippen molar-refractivity contribution in [2.45, 2.75) is 13.8 Å². The van der Waals surface area contributed by atoms with E-state index in [1.165, 1.54) is 6.92 Å². The SMILES string of the molecule is COc1ccc(-c2cnoc2-c2cc(C)cc(OC(C)=O)c2)cc1. The Balaban J connectivity index is 2.03. The lowest BCUT2D eigenvalue weighted by molar-refractivity contribution is -0.131. The molecular formula is C19H17NO4. The molecule has 0 aliphatic carbocycles. The van der Waals surface area contributed by atoms with Crippen LogP contribution in [-0.2, 0) is 4.79 Å². The predicted molar refractivity (Wildman–Crippen MR) is 90.0 cm³/mol. The molecule has 0 fully saturated rings. The Morgan fingerprint density at radius 1 is 1.04 bits per heavy atom. The second-order valence-electron chi connectivity index (χ2n) is 5.43. The molecule has 0 spiro atoms. The lowest BCUT2D eigenvalue weighted by Crippen LogP contribution is -2.01. The molecule has 0 saturated heterocycles. The van der Waals surface area contributed by atoms with Gasteiger partial charge in [-0.3, -0.25) is 4.79 Å². The zero-order valence-corrected chi connectivity index (χ0v) is 13.7. The lowest BCUT2D eigenvalue weighted by Gasteiger charge is -2.07. The molecule has 1 aromatic heterocycles. The summed E-state index contributed by atoms with van der Waals surface area (Å²) in [6, 6.07) is 13.2. The molecule has 0 unspecified atom stereocenters. The molecule has 3 aromatic rings. The van der Waals surface area contributed by atoms with Crippen LogP contribution < -0.4 is 9.47 Å². The molecule has 2 aromatic carbocycles. The zero-order valence-electron chi connectivity index (χ0n) is 13.7. The highest BCUT2D eigenvalue weighted by Gasteiger charge is 2.15. The van der Waals surface area contributed by atoms with Crippen molar-refractivity contribution in [1.29, 1.82) is 0 Å². The average Bonchev–Trinajstić information content (AvgIpc) is 3.03. The Morgan fingerprint density at radius 3 is 2.46 bits per heavy atom. The van der Waals surface area contributed by atoms with E-state index in [4.69, 9.17) is 14.0 Å². The molecule has 0 aliphatic rings. The molecule has 5 heteroatoms. The number of hydrogen-bond donors (Lipinski definition) is 0. The number of carbonyl (C=O) groups excluding carboxylic acids is 1. The van der Waals surface area contributed by atoms with Gasteiger partial charge >= 0.3 is 5.97 Å². The standard InChI is InChI=1S/C19H17NO4/c1-12-8-15(10-17(9-12)23-13(2)21)19-18(11-20-24-19)14-4-6-16(22-3)7-5-14/h4-11H,1-3H3. The third kappa shape index (κ3) is 3.30. The van der Waals surface area contributed by atoms with Crippen molar-refractivity contribution in [3.63, 3.8) is 0 Å². The quantitative estimate of drug-likeness (QED) is 0.530. The minimum atomic E-state index is -0.362. The molecule has 0 atom stereocenters. The maximum Gasteiger partial charge on any atom is 0.308 e. The van der Waals surface area contributed by atoms with Crippen LogP contribution >= 0.6 is 0 Å². The van der Waals surface area contributed by atoms with Crippen LogP contribution in [0.5, 0.6) is 11.5 Å². The molecule has 0 aliphatic heterocycles. The summed E-state index contributed by atoms with van der Waals surface area (Å²) in [5.74, 6) is 1.52. The molecule has 1 heterocycles. The summed E-state index contributed by atoms with van der Waals surface area (Å²) < 4.78 is 15.8. The van der Waals surface area contributed by atoms with Gasteiger partial charge in [-0.15, -0.1) is 0 Å². The molecule has 24 heavy (non-hydrogen) atoms. The molecule has 0 N–H and O–H groups in total. The van der Waals surface area contributed by atoms with Gasteiger partial charge in [-0.05, 0) is 48.4 Å². The summed E-state index contributed by atoms with van der Waals surface area (Å²) in [4.78, 5) is 11.2. The van der Waals surface area contributed by atoms with Gasteiger partial charge in [-0.2, -0.15) is 0 Å². The minimum Gasteiger partial charge on any atom is -0.497 e. The van der Waals surface area contributed by atoms with Gasteiger partial charge in [-0.25, -0.2) is 0 Å². The van der Waals surface area contributed by atoms with Gasteiger partial charge in [0.05, 0.1) is 13.3 Å². The van der Waals surface area contributed by atoms with Gasteiger partial charge in [0.15, 0.2) is 5.76 Å². The van der Waals surface area contributed by atoms with E-state index in [1.807, 2.05) is 37.3 Å². The van der Waals surface area contributed by atoms with Gasteiger partial charge in [0.1, 0.15) is 11.5 Å². The number of nitrogens with zero attached hydrogens (tertiary/aromatic N) is 1. The third-order valence-electron chi connectivity index (χ3n) is 3.55. The van der Waals surface area contributed by atoms with Crippen LogP contribution in [0, 0.1) is 6.92 Å². The third-order valence-corrected chi connectivity index (χ3v) is 3.55. The van der Waals surface area contributed by atoms with Gasteiger partial charge in [-0.1, -0.05) is 17.3 Å². The van der Waals surface area contributed by atoms with E-state index >= 15 is 0 Å². The maximum atomic E-state index is 11.2. The number of aryl methyl sites for hydroxylation is 1. The Morgan fingerprint density at radius 2 is 1.79 bits per heavy atom. The van der Waals surface area contributed by atoms with Gasteiger partial charge in [0.25, 0.3) is 0 Å². The van der Waals surface area contributed by atoms with Crippen LogP contribution in [0.4, 0.5) is 0 Å². The number of esters is 1. The summed E-state index contributed by atoms with van der Waals surface area (Å²) in [5, 5.41) is 3.92. The summed E-state index contributed by atoms with van der Waals surface area (Å²) >= 11 is 0. The molecule has 0 bridgehead atoms. The fourth-order valence-corrected chi connectivity index (χ4v) is 2.53. The first kappa shape index (κ1) is 15.8. The second-order valence-corrected chi connectivity index (χ2v) is 5.43. The number of rotatable bonds is 4. The van der Waals surface area contributed by atoms with Crippen LogP contribution in [0.15, 0.2) is 53.2 Å². The first-order valence-corrected chi connectivity index (χ1v) is 7.46. The number of ether oxygens (including phenoxy) is 2. The van der Waals surface area contributed by atoms with Crippen molar-refractivity contribution in [3.8, 4) is 33.9 Å². The molecule has 122 valence electrons. The normalized spacial score (nSPS) is 10.5. The van der Waals surface area contributed by atoms with Gasteiger partial charge < -0.3 is 14.0 Å². The number of hydrogen-bond acceptors (Lipinski definition) is 5. The monoisotopic (exact) mass is 323 g/mol. The van der Waals surface area contributed by atoms with Crippen LogP contribution in [0.3, 0.4) is 0 Å². The number of aromatic nitrogens is 1. The largest absolute Gasteiger partial charge is 0.497 e. The van der Waals surface area contributed by atoms with Gasteiger partial charge in [0.2, 0.25) is 0 Å². The topological polar surface area (TPSA) is 61.6 Å². The van der Waals surface area contributed by atoms with Crippen molar-refractivity contribution in [3.05, 3.63) is 54.2 Å². The fraction of sp³-hybridized carbons (Fsp3) is 0.158. The Bertz CT molecular complexity index is 865. The van der Waals surface area contributed by atoms with Crippen molar-refractivity contribution in [1.82, 2.24) is 5.16 Å².